The Bertz CT molecular complexity index is 3090. The number of benzene rings is 4. The third-order valence-corrected chi connectivity index (χ3v) is 10.3. The lowest BCUT2D eigenvalue weighted by Crippen LogP contribution is -2.09. The minimum atomic E-state index is -5.59. The van der Waals surface area contributed by atoms with Gasteiger partial charge in [-0.05, 0) is 0 Å². The highest BCUT2D eigenvalue weighted by molar-refractivity contribution is 7.89. The molecule has 3 aromatic heterocycles. The molecule has 5 heterocycles. The lowest BCUT2D eigenvalue weighted by Gasteiger charge is -2.10. The number of H-pyrrole nitrogens is 2. The largest absolute Gasteiger partial charge is 0.504 e. The molecule has 0 saturated heterocycles. The number of phenols is 2. The van der Waals surface area contributed by atoms with Crippen LogP contribution >= 0.6 is 0 Å². The Labute approximate surface area is 279 Å². The highest BCUT2D eigenvalue weighted by Crippen LogP contribution is 2.48. The fourth-order valence-corrected chi connectivity index (χ4v) is 8.39. The van der Waals surface area contributed by atoms with Gasteiger partial charge in [0.15, 0.2) is 39.7 Å². The van der Waals surface area contributed by atoms with Crippen molar-refractivity contribution in [2.75, 3.05) is 0 Å². The molecule has 7 aromatic rings. The Balaban J connectivity index is 1.58. The molecule has 0 atom stereocenters. The minimum Gasteiger partial charge on any atom is -0.504 e. The van der Waals surface area contributed by atoms with Gasteiger partial charge in [0.25, 0.3) is 20.2 Å². The molecular weight excluding hydrogens is 689 g/mol. The molecule has 9 rings (SSSR count). The number of aromatic hydroxyl groups is 2. The zero-order valence-electron chi connectivity index (χ0n) is 24.8. The first-order valence-corrected chi connectivity index (χ1v) is 17.4. The van der Waals surface area contributed by atoms with Crippen molar-refractivity contribution in [3.8, 4) is 57.1 Å². The predicted octanol–water partition coefficient (Wildman–Crippen LogP) is 4.77. The maximum Gasteiger partial charge on any atom is 0.299 e. The summed E-state index contributed by atoms with van der Waals surface area (Å²) in [4.78, 5) is 31.0. The van der Waals surface area contributed by atoms with E-state index in [1.54, 1.807) is 48.5 Å². The second-order valence-electron chi connectivity index (χ2n) is 11.3. The Hall–Kier alpha value is -6.34. The van der Waals surface area contributed by atoms with Gasteiger partial charge in [-0.15, -0.1) is 0 Å². The molecule has 0 fully saturated rings. The zero-order chi connectivity index (χ0) is 34.7. The molecule has 0 radical (unpaired) electrons. The number of aromatic amines is 2. The smallest absolute Gasteiger partial charge is 0.299 e. The fourth-order valence-electron chi connectivity index (χ4n) is 6.30. The van der Waals surface area contributed by atoms with Crippen molar-refractivity contribution in [2.45, 2.75) is 9.79 Å². The topological polar surface area (TPSA) is 258 Å². The molecule has 0 unspecified atom stereocenters. The molecule has 0 amide bonds. The number of hydrogen-bond acceptors (Lipinski definition) is 12. The Morgan fingerprint density at radius 2 is 0.800 bits per heavy atom. The summed E-state index contributed by atoms with van der Waals surface area (Å²) in [5.74, 6) is -2.28. The molecule has 8 bridgehead atoms. The molecule has 4 aromatic carbocycles. The van der Waals surface area contributed by atoms with E-state index in [4.69, 9.17) is 9.97 Å². The van der Waals surface area contributed by atoms with Gasteiger partial charge in [0.1, 0.15) is 27.5 Å². The molecule has 6 N–H and O–H groups in total. The molecule has 16 nitrogen and oxygen atoms in total. The van der Waals surface area contributed by atoms with Gasteiger partial charge < -0.3 is 20.2 Å². The molecule has 50 heavy (non-hydrogen) atoms. The van der Waals surface area contributed by atoms with E-state index in [1.807, 2.05) is 24.3 Å². The predicted molar refractivity (Wildman–Crippen MR) is 179 cm³/mol. The van der Waals surface area contributed by atoms with Gasteiger partial charge in [-0.1, -0.05) is 72.8 Å². The van der Waals surface area contributed by atoms with Gasteiger partial charge >= 0.3 is 0 Å². The molecular formula is C32H18N8O8S2. The van der Waals surface area contributed by atoms with E-state index < -0.39 is 57.9 Å². The normalized spacial score (nSPS) is 12.7. The monoisotopic (exact) mass is 706 g/mol. The van der Waals surface area contributed by atoms with Crippen LogP contribution in [0.4, 0.5) is 0 Å². The van der Waals surface area contributed by atoms with Crippen molar-refractivity contribution in [2.24, 2.45) is 0 Å². The van der Waals surface area contributed by atoms with Gasteiger partial charge in [-0.2, -0.15) is 16.8 Å². The highest BCUT2D eigenvalue weighted by atomic mass is 32.2. The van der Waals surface area contributed by atoms with Crippen molar-refractivity contribution in [3.63, 3.8) is 0 Å². The molecule has 2 aliphatic rings. The second kappa shape index (κ2) is 10.1. The zero-order valence-corrected chi connectivity index (χ0v) is 26.5. The lowest BCUT2D eigenvalue weighted by molar-refractivity contribution is 0.388. The standard InChI is InChI=1S/C32H18N8O8S2/c41-21-19-20(23(49(43,44)45)24(22(21)42)50(46,47)48)32-39-30-18-12-6-4-10-16(18)28(37-30)35-26-14-8-2-1-7-13(14)25(33-26)34-27-15-9-3-5-11-17(15)29(36-27)38-31(19)40-32/h1-12,41-42H,(H,43,44,45)(H,46,47,48)(H2,33,34,35,36,37,38,39,40). The van der Waals surface area contributed by atoms with E-state index in [9.17, 15) is 36.2 Å². The van der Waals surface area contributed by atoms with Crippen LogP contribution in [0.5, 0.6) is 11.5 Å². The summed E-state index contributed by atoms with van der Waals surface area (Å²) in [5, 5.41) is 22.2. The first kappa shape index (κ1) is 29.8. The van der Waals surface area contributed by atoms with Crippen LogP contribution in [0, 0.1) is 0 Å². The molecule has 0 aliphatic carbocycles. The average molecular weight is 707 g/mol. The van der Waals surface area contributed by atoms with Crippen LogP contribution in [-0.4, -0.2) is 76.0 Å². The van der Waals surface area contributed by atoms with Crippen LogP contribution < -0.4 is 0 Å². The van der Waals surface area contributed by atoms with E-state index >= 15 is 0 Å². The van der Waals surface area contributed by atoms with Crippen LogP contribution in [0.3, 0.4) is 0 Å². The van der Waals surface area contributed by atoms with E-state index in [1.165, 1.54) is 0 Å². The van der Waals surface area contributed by atoms with Gasteiger partial charge in [-0.25, -0.2) is 29.9 Å². The van der Waals surface area contributed by atoms with Gasteiger partial charge in [0.2, 0.25) is 0 Å². The molecule has 18 heteroatoms. The van der Waals surface area contributed by atoms with Crippen molar-refractivity contribution >= 4 is 64.4 Å². The van der Waals surface area contributed by atoms with Crippen molar-refractivity contribution in [1.82, 2.24) is 39.9 Å². The van der Waals surface area contributed by atoms with Crippen molar-refractivity contribution in [3.05, 3.63) is 72.8 Å². The Kier molecular flexibility index (Phi) is 6.01. The number of nitrogens with one attached hydrogen (secondary N) is 2. The summed E-state index contributed by atoms with van der Waals surface area (Å²) in [6.45, 7) is 0. The van der Waals surface area contributed by atoms with Crippen molar-refractivity contribution < 1.29 is 36.2 Å². The summed E-state index contributed by atoms with van der Waals surface area (Å²) >= 11 is 0. The molecule has 0 spiro atoms. The van der Waals surface area contributed by atoms with Crippen LogP contribution in [0.2, 0.25) is 0 Å². The highest BCUT2D eigenvalue weighted by Gasteiger charge is 2.36. The number of phenolic OH excluding ortho intramolecular Hbond substituents is 2. The van der Waals surface area contributed by atoms with E-state index in [2.05, 4.69) is 29.9 Å². The molecule has 2 aliphatic heterocycles. The van der Waals surface area contributed by atoms with Crippen LogP contribution in [-0.2, 0) is 20.2 Å². The van der Waals surface area contributed by atoms with Crippen molar-refractivity contribution in [1.29, 1.82) is 0 Å². The Morgan fingerprint density at radius 1 is 0.440 bits per heavy atom. The number of fused-ring (bicyclic) bond motifs is 20. The number of hydrogen-bond donors (Lipinski definition) is 6. The number of nitrogens with zero attached hydrogens (tertiary/aromatic N) is 6. The summed E-state index contributed by atoms with van der Waals surface area (Å²) in [7, 11) is -11.2. The number of rotatable bonds is 2. The van der Waals surface area contributed by atoms with Crippen LogP contribution in [0.15, 0.2) is 82.6 Å². The first-order chi connectivity index (χ1) is 23.9. The van der Waals surface area contributed by atoms with Crippen LogP contribution in [0.1, 0.15) is 0 Å². The SMILES string of the molecule is O=S(=O)(O)c1c(O)c(O)c2c3nc4nc(nc5[nH]c(nc6nc(nc([nH]3)c2c1S(=O)(=O)O)-c1ccccc1-6)c1ccccc51)-c1ccccc1-4. The second-order valence-corrected chi connectivity index (χ2v) is 14.0. The first-order valence-electron chi connectivity index (χ1n) is 14.6. The van der Waals surface area contributed by atoms with Gasteiger partial charge in [0, 0.05) is 33.0 Å². The molecule has 246 valence electrons. The fraction of sp³-hybridized carbons (Fsp3) is 0. The van der Waals surface area contributed by atoms with Gasteiger partial charge in [-0.3, -0.25) is 9.11 Å². The lowest BCUT2D eigenvalue weighted by atomic mass is 10.1. The van der Waals surface area contributed by atoms with Gasteiger partial charge in [0.05, 0.1) is 10.8 Å². The van der Waals surface area contributed by atoms with E-state index in [-0.39, 0.29) is 28.9 Å². The molecule has 0 saturated carbocycles. The van der Waals surface area contributed by atoms with Crippen LogP contribution in [0.25, 0.3) is 89.7 Å². The summed E-state index contributed by atoms with van der Waals surface area (Å²) < 4.78 is 71.1. The third-order valence-electron chi connectivity index (χ3n) is 8.37. The van der Waals surface area contributed by atoms with E-state index in [0.717, 1.165) is 10.8 Å². The summed E-state index contributed by atoms with van der Waals surface area (Å²) in [5.41, 5.74) is 2.09. The summed E-state index contributed by atoms with van der Waals surface area (Å²) in [6, 6.07) is 21.3. The maximum absolute atomic E-state index is 12.9. The number of aromatic nitrogens is 8. The third kappa shape index (κ3) is 4.29. The summed E-state index contributed by atoms with van der Waals surface area (Å²) in [6.07, 6.45) is 0. The van der Waals surface area contributed by atoms with E-state index in [0.29, 0.717) is 33.5 Å². The minimum absolute atomic E-state index is 0.0247. The Morgan fingerprint density at radius 3 is 1.22 bits per heavy atom. The average Bonchev–Trinajstić information content (AvgIpc) is 3.81. The maximum atomic E-state index is 12.9. The quantitative estimate of drug-likeness (QED) is 0.105.